The Balaban J connectivity index is 1.50. The molecule has 8 heteroatoms. The Morgan fingerprint density at radius 3 is 2.85 bits per heavy atom. The van der Waals surface area contributed by atoms with Crippen molar-refractivity contribution in [3.8, 4) is 5.75 Å². The van der Waals surface area contributed by atoms with Crippen LogP contribution < -0.4 is 10.1 Å². The quantitative estimate of drug-likeness (QED) is 0.505. The molecule has 0 atom stereocenters. The van der Waals surface area contributed by atoms with E-state index in [1.54, 1.807) is 24.3 Å². The molecule has 2 aromatic carbocycles. The third-order valence-corrected chi connectivity index (χ3v) is 4.63. The molecule has 0 bridgehead atoms. The fourth-order valence-electron chi connectivity index (χ4n) is 3.24. The van der Waals surface area contributed by atoms with Crippen LogP contribution in [0.25, 0.3) is 21.9 Å². The smallest absolute Gasteiger partial charge is 0.251 e. The molecule has 0 unspecified atom stereocenters. The highest BCUT2D eigenvalue weighted by atomic mass is 19.1. The minimum absolute atomic E-state index is 0.193. The van der Waals surface area contributed by atoms with Gasteiger partial charge in [-0.25, -0.2) is 4.39 Å². The number of amides is 1. The van der Waals surface area contributed by atoms with Crippen LogP contribution >= 0.6 is 0 Å². The second-order valence-electron chi connectivity index (χ2n) is 6.29. The highest BCUT2D eigenvalue weighted by molar-refractivity contribution is 5.97. The van der Waals surface area contributed by atoms with Crippen molar-refractivity contribution in [3.05, 3.63) is 53.0 Å². The van der Waals surface area contributed by atoms with Gasteiger partial charge in [-0.15, -0.1) is 0 Å². The number of hydrogen-bond donors (Lipinski definition) is 3. The van der Waals surface area contributed by atoms with Crippen molar-refractivity contribution >= 4 is 27.8 Å². The lowest BCUT2D eigenvalue weighted by Crippen LogP contribution is -2.25. The molecule has 0 aliphatic rings. The second-order valence-corrected chi connectivity index (χ2v) is 6.29. The van der Waals surface area contributed by atoms with Crippen molar-refractivity contribution in [2.24, 2.45) is 0 Å². The van der Waals surface area contributed by atoms with Crippen LogP contribution in [0.1, 0.15) is 21.6 Å². The summed E-state index contributed by atoms with van der Waals surface area (Å²) < 4.78 is 19.4. The molecular weight excluding hydrogens is 349 g/mol. The maximum absolute atomic E-state index is 14.2. The summed E-state index contributed by atoms with van der Waals surface area (Å²) in [6.07, 6.45) is 0.566. The number of carbonyl (C=O) groups is 1. The van der Waals surface area contributed by atoms with Crippen molar-refractivity contribution in [3.63, 3.8) is 0 Å². The molecule has 7 nitrogen and oxygen atoms in total. The van der Waals surface area contributed by atoms with Gasteiger partial charge in [-0.05, 0) is 43.2 Å². The van der Waals surface area contributed by atoms with Gasteiger partial charge in [-0.1, -0.05) is 0 Å². The summed E-state index contributed by atoms with van der Waals surface area (Å²) in [5, 5.41) is 14.1. The summed E-state index contributed by atoms with van der Waals surface area (Å²) in [7, 11) is 1.51. The molecule has 4 rings (SSSR count). The second kappa shape index (κ2) is 6.71. The lowest BCUT2D eigenvalue weighted by molar-refractivity contribution is 0.0954. The number of hydrogen-bond acceptors (Lipinski definition) is 4. The lowest BCUT2D eigenvalue weighted by atomic mass is 10.1. The topological polar surface area (TPSA) is 95.7 Å². The first-order valence-electron chi connectivity index (χ1n) is 8.50. The Bertz CT molecular complexity index is 1150. The van der Waals surface area contributed by atoms with E-state index in [-0.39, 0.29) is 11.7 Å². The van der Waals surface area contributed by atoms with Gasteiger partial charge in [0.05, 0.1) is 12.6 Å². The molecule has 27 heavy (non-hydrogen) atoms. The van der Waals surface area contributed by atoms with Crippen molar-refractivity contribution in [2.45, 2.75) is 13.3 Å². The maximum atomic E-state index is 14.2. The van der Waals surface area contributed by atoms with E-state index in [9.17, 15) is 9.18 Å². The Kier molecular flexibility index (Phi) is 4.23. The van der Waals surface area contributed by atoms with E-state index in [2.05, 4.69) is 25.7 Å². The van der Waals surface area contributed by atoms with Crippen molar-refractivity contribution in [2.75, 3.05) is 13.7 Å². The Morgan fingerprint density at radius 2 is 2.04 bits per heavy atom. The standard InChI is InChI=1S/C19H18FN5O2/c1-10-13(14-8-12(27-2)9-15(20)18(14)22-10)5-6-21-19(26)11-3-4-16-17(7-11)24-25-23-16/h3-4,7-9,22H,5-6H2,1-2H3,(H,21,26)(H,23,24,25). The molecule has 3 N–H and O–H groups in total. The van der Waals surface area contributed by atoms with Gasteiger partial charge in [0.25, 0.3) is 5.91 Å². The minimum atomic E-state index is -0.358. The van der Waals surface area contributed by atoms with Crippen LogP contribution in [-0.4, -0.2) is 40.0 Å². The molecular formula is C19H18FN5O2. The van der Waals surface area contributed by atoms with Gasteiger partial charge in [-0.3, -0.25) is 4.79 Å². The monoisotopic (exact) mass is 367 g/mol. The van der Waals surface area contributed by atoms with Crippen LogP contribution in [0.5, 0.6) is 5.75 Å². The minimum Gasteiger partial charge on any atom is -0.497 e. The van der Waals surface area contributed by atoms with E-state index in [4.69, 9.17) is 4.74 Å². The molecule has 2 heterocycles. The SMILES string of the molecule is COc1cc(F)c2[nH]c(C)c(CCNC(=O)c3ccc4n[nH]nc4c3)c2c1. The first-order valence-corrected chi connectivity index (χ1v) is 8.50. The van der Waals surface area contributed by atoms with Gasteiger partial charge in [-0.2, -0.15) is 15.4 Å². The average Bonchev–Trinajstić information content (AvgIpc) is 3.26. The Morgan fingerprint density at radius 1 is 1.22 bits per heavy atom. The summed E-state index contributed by atoms with van der Waals surface area (Å²) in [5.41, 5.74) is 4.13. The molecule has 1 amide bonds. The fraction of sp³-hybridized carbons (Fsp3) is 0.211. The first-order chi connectivity index (χ1) is 13.1. The average molecular weight is 367 g/mol. The van der Waals surface area contributed by atoms with E-state index in [1.165, 1.54) is 13.2 Å². The van der Waals surface area contributed by atoms with Gasteiger partial charge in [0.1, 0.15) is 16.8 Å². The number of fused-ring (bicyclic) bond motifs is 2. The van der Waals surface area contributed by atoms with E-state index in [0.717, 1.165) is 16.6 Å². The number of aryl methyl sites for hydroxylation is 1. The highest BCUT2D eigenvalue weighted by Crippen LogP contribution is 2.29. The zero-order valence-corrected chi connectivity index (χ0v) is 14.9. The fourth-order valence-corrected chi connectivity index (χ4v) is 3.24. The molecule has 4 aromatic rings. The number of methoxy groups -OCH3 is 1. The number of H-pyrrole nitrogens is 2. The summed E-state index contributed by atoms with van der Waals surface area (Å²) in [4.78, 5) is 15.5. The van der Waals surface area contributed by atoms with Gasteiger partial charge in [0, 0.05) is 29.3 Å². The maximum Gasteiger partial charge on any atom is 0.251 e. The highest BCUT2D eigenvalue weighted by Gasteiger charge is 2.14. The number of ether oxygens (including phenoxy) is 1. The summed E-state index contributed by atoms with van der Waals surface area (Å²) in [5.74, 6) is -0.0880. The summed E-state index contributed by atoms with van der Waals surface area (Å²) in [6.45, 7) is 2.31. The Hall–Kier alpha value is -3.42. The number of carbonyl (C=O) groups excluding carboxylic acids is 1. The molecule has 0 saturated heterocycles. The van der Waals surface area contributed by atoms with Crippen molar-refractivity contribution in [1.82, 2.24) is 25.7 Å². The first kappa shape index (κ1) is 17.0. The number of benzene rings is 2. The normalized spacial score (nSPS) is 11.2. The van der Waals surface area contributed by atoms with Crippen molar-refractivity contribution < 1.29 is 13.9 Å². The number of nitrogens with zero attached hydrogens (tertiary/aromatic N) is 2. The third kappa shape index (κ3) is 3.10. The summed E-state index contributed by atoms with van der Waals surface area (Å²) in [6, 6.07) is 8.29. The number of aromatic nitrogens is 4. The largest absolute Gasteiger partial charge is 0.497 e. The van der Waals surface area contributed by atoms with Gasteiger partial charge < -0.3 is 15.0 Å². The molecule has 0 saturated carbocycles. The van der Waals surface area contributed by atoms with E-state index >= 15 is 0 Å². The zero-order chi connectivity index (χ0) is 19.0. The van der Waals surface area contributed by atoms with E-state index in [0.29, 0.717) is 40.8 Å². The van der Waals surface area contributed by atoms with Crippen LogP contribution in [0.2, 0.25) is 0 Å². The number of halogens is 1. The van der Waals surface area contributed by atoms with Crippen LogP contribution in [0.15, 0.2) is 30.3 Å². The number of nitrogens with one attached hydrogen (secondary N) is 3. The predicted molar refractivity (Wildman–Crippen MR) is 99.5 cm³/mol. The van der Waals surface area contributed by atoms with Gasteiger partial charge in [0.15, 0.2) is 5.82 Å². The molecule has 0 radical (unpaired) electrons. The van der Waals surface area contributed by atoms with Crippen LogP contribution in [0, 0.1) is 12.7 Å². The van der Waals surface area contributed by atoms with Crippen LogP contribution in [0.4, 0.5) is 4.39 Å². The molecule has 0 spiro atoms. The zero-order valence-electron chi connectivity index (χ0n) is 14.9. The number of aromatic amines is 2. The van der Waals surface area contributed by atoms with Crippen LogP contribution in [0.3, 0.4) is 0 Å². The lowest BCUT2D eigenvalue weighted by Gasteiger charge is -2.07. The van der Waals surface area contributed by atoms with Gasteiger partial charge >= 0.3 is 0 Å². The third-order valence-electron chi connectivity index (χ3n) is 4.63. The molecule has 0 fully saturated rings. The molecule has 0 aliphatic carbocycles. The predicted octanol–water partition coefficient (Wildman–Crippen LogP) is 2.87. The summed E-state index contributed by atoms with van der Waals surface area (Å²) >= 11 is 0. The van der Waals surface area contributed by atoms with E-state index in [1.807, 2.05) is 6.92 Å². The molecule has 138 valence electrons. The number of rotatable bonds is 5. The molecule has 0 aliphatic heterocycles. The molecule has 2 aromatic heterocycles. The van der Waals surface area contributed by atoms with Gasteiger partial charge in [0.2, 0.25) is 0 Å². The Labute approximate surface area is 153 Å². The van der Waals surface area contributed by atoms with Crippen LogP contribution in [-0.2, 0) is 6.42 Å². The van der Waals surface area contributed by atoms with Crippen molar-refractivity contribution in [1.29, 1.82) is 0 Å². The van der Waals surface area contributed by atoms with E-state index < -0.39 is 0 Å².